The zero-order valence-corrected chi connectivity index (χ0v) is 10.4. The summed E-state index contributed by atoms with van der Waals surface area (Å²) in [5.74, 6) is 0. The molecule has 1 aliphatic heterocycles. The smallest absolute Gasteiger partial charge is 0.137 e. The third-order valence-electron chi connectivity index (χ3n) is 3.56. The average molecular weight is 230 g/mol. The predicted octanol–water partition coefficient (Wildman–Crippen LogP) is 2.09. The van der Waals surface area contributed by atoms with Crippen molar-refractivity contribution in [3.63, 3.8) is 0 Å². The van der Waals surface area contributed by atoms with E-state index >= 15 is 0 Å². The largest absolute Gasteiger partial charge is 0.378 e. The van der Waals surface area contributed by atoms with Gasteiger partial charge in [-0.05, 0) is 5.56 Å². The second-order valence-electron chi connectivity index (χ2n) is 5.23. The lowest BCUT2D eigenvalue weighted by molar-refractivity contribution is 0.166. The van der Waals surface area contributed by atoms with Crippen LogP contribution in [0.4, 0.5) is 0 Å². The number of rotatable bonds is 3. The van der Waals surface area contributed by atoms with Crippen LogP contribution in [0.5, 0.6) is 0 Å². The molecule has 90 valence electrons. The number of hydrogen-bond acceptors (Lipinski definition) is 3. The molecule has 0 amide bonds. The lowest BCUT2D eigenvalue weighted by Gasteiger charge is -2.34. The Labute approximate surface area is 102 Å². The molecule has 17 heavy (non-hydrogen) atoms. The molecule has 0 aromatic heterocycles. The van der Waals surface area contributed by atoms with Crippen molar-refractivity contribution in [2.24, 2.45) is 5.41 Å². The van der Waals surface area contributed by atoms with Gasteiger partial charge < -0.3 is 4.74 Å². The van der Waals surface area contributed by atoms with Crippen molar-refractivity contribution < 1.29 is 4.74 Å². The van der Waals surface area contributed by atoms with Crippen molar-refractivity contribution in [3.05, 3.63) is 35.9 Å². The van der Waals surface area contributed by atoms with Crippen LogP contribution in [0.15, 0.2) is 30.3 Å². The fourth-order valence-electron chi connectivity index (χ4n) is 2.14. The van der Waals surface area contributed by atoms with Crippen LogP contribution in [0, 0.1) is 16.7 Å². The van der Waals surface area contributed by atoms with Crippen LogP contribution in [0.2, 0.25) is 0 Å². The first-order valence-corrected chi connectivity index (χ1v) is 5.88. The van der Waals surface area contributed by atoms with Gasteiger partial charge in [-0.1, -0.05) is 44.2 Å². The van der Waals surface area contributed by atoms with Gasteiger partial charge >= 0.3 is 0 Å². The maximum Gasteiger partial charge on any atom is 0.137 e. The Morgan fingerprint density at radius 3 is 2.53 bits per heavy atom. The van der Waals surface area contributed by atoms with E-state index in [1.165, 1.54) is 5.56 Å². The Kier molecular flexibility index (Phi) is 3.19. The highest BCUT2D eigenvalue weighted by Crippen LogP contribution is 2.36. The third-order valence-corrected chi connectivity index (χ3v) is 3.56. The van der Waals surface area contributed by atoms with E-state index in [9.17, 15) is 5.26 Å². The zero-order chi connectivity index (χ0) is 12.4. The molecule has 3 nitrogen and oxygen atoms in total. The molecule has 0 radical (unpaired) electrons. The Morgan fingerprint density at radius 1 is 1.29 bits per heavy atom. The molecule has 1 fully saturated rings. The summed E-state index contributed by atoms with van der Waals surface area (Å²) in [6.45, 7) is 5.93. The van der Waals surface area contributed by atoms with Crippen molar-refractivity contribution in [2.45, 2.75) is 25.9 Å². The number of hydrogen-bond donors (Lipinski definition) is 1. The molecule has 1 aliphatic rings. The zero-order valence-electron chi connectivity index (χ0n) is 10.4. The fourth-order valence-corrected chi connectivity index (χ4v) is 2.14. The minimum absolute atomic E-state index is 0.156. The predicted molar refractivity (Wildman–Crippen MR) is 66.2 cm³/mol. The van der Waals surface area contributed by atoms with Crippen LogP contribution in [-0.2, 0) is 11.3 Å². The molecule has 3 heteroatoms. The second-order valence-corrected chi connectivity index (χ2v) is 5.23. The Bertz CT molecular complexity index is 422. The van der Waals surface area contributed by atoms with Gasteiger partial charge in [0.1, 0.15) is 5.54 Å². The van der Waals surface area contributed by atoms with Gasteiger partial charge in [-0.3, -0.25) is 5.32 Å². The van der Waals surface area contributed by atoms with Gasteiger partial charge in [-0.2, -0.15) is 5.26 Å². The number of nitrogens with one attached hydrogen (secondary N) is 1. The van der Waals surface area contributed by atoms with E-state index in [2.05, 4.69) is 37.4 Å². The molecule has 0 bridgehead atoms. The molecule has 0 aliphatic carbocycles. The van der Waals surface area contributed by atoms with Crippen molar-refractivity contribution in [3.8, 4) is 6.07 Å². The number of nitriles is 1. The maximum atomic E-state index is 9.44. The first-order chi connectivity index (χ1) is 8.10. The van der Waals surface area contributed by atoms with Gasteiger partial charge in [-0.25, -0.2) is 0 Å². The molecular formula is C14H18N2O. The van der Waals surface area contributed by atoms with Crippen LogP contribution < -0.4 is 5.32 Å². The third kappa shape index (κ3) is 2.19. The molecule has 1 saturated heterocycles. The van der Waals surface area contributed by atoms with Crippen LogP contribution in [0.3, 0.4) is 0 Å². The molecule has 2 rings (SSSR count). The van der Waals surface area contributed by atoms with E-state index in [1.807, 2.05) is 18.2 Å². The second kappa shape index (κ2) is 4.48. The van der Waals surface area contributed by atoms with Gasteiger partial charge in [0.25, 0.3) is 0 Å². The summed E-state index contributed by atoms with van der Waals surface area (Å²) >= 11 is 0. The highest BCUT2D eigenvalue weighted by atomic mass is 16.5. The first kappa shape index (κ1) is 12.1. The molecule has 1 atom stereocenters. The Morgan fingerprint density at radius 2 is 2.00 bits per heavy atom. The maximum absolute atomic E-state index is 9.44. The minimum Gasteiger partial charge on any atom is -0.378 e. The standard InChI is InChI=1S/C14H18N2O/c1-13(2)10-17-11-14(13,9-15)16-8-12-6-4-3-5-7-12/h3-7,16H,8,10-11H2,1-2H3. The lowest BCUT2D eigenvalue weighted by Crippen LogP contribution is -2.54. The Balaban J connectivity index is 2.09. The summed E-state index contributed by atoms with van der Waals surface area (Å²) in [5.41, 5.74) is 0.448. The van der Waals surface area contributed by atoms with E-state index in [1.54, 1.807) is 0 Å². The summed E-state index contributed by atoms with van der Waals surface area (Å²) in [6.07, 6.45) is 0. The first-order valence-electron chi connectivity index (χ1n) is 5.88. The fraction of sp³-hybridized carbons (Fsp3) is 0.500. The van der Waals surface area contributed by atoms with Crippen molar-refractivity contribution in [2.75, 3.05) is 13.2 Å². The number of benzene rings is 1. The van der Waals surface area contributed by atoms with E-state index in [0.29, 0.717) is 19.8 Å². The summed E-state index contributed by atoms with van der Waals surface area (Å²) in [4.78, 5) is 0. The number of ether oxygens (including phenoxy) is 1. The van der Waals surface area contributed by atoms with E-state index in [-0.39, 0.29) is 5.41 Å². The minimum atomic E-state index is -0.581. The molecular weight excluding hydrogens is 212 g/mol. The van der Waals surface area contributed by atoms with E-state index in [4.69, 9.17) is 4.74 Å². The normalized spacial score (nSPS) is 26.6. The van der Waals surface area contributed by atoms with Gasteiger partial charge in [0.15, 0.2) is 0 Å². The summed E-state index contributed by atoms with van der Waals surface area (Å²) in [7, 11) is 0. The SMILES string of the molecule is CC1(C)COCC1(C#N)NCc1ccccc1. The van der Waals surface area contributed by atoms with Gasteiger partial charge in [-0.15, -0.1) is 0 Å². The van der Waals surface area contributed by atoms with Crippen LogP contribution in [0.25, 0.3) is 0 Å². The van der Waals surface area contributed by atoms with Gasteiger partial charge in [0, 0.05) is 12.0 Å². The molecule has 1 N–H and O–H groups in total. The highest BCUT2D eigenvalue weighted by Gasteiger charge is 2.50. The lowest BCUT2D eigenvalue weighted by atomic mass is 9.76. The van der Waals surface area contributed by atoms with E-state index in [0.717, 1.165) is 0 Å². The van der Waals surface area contributed by atoms with Crippen molar-refractivity contribution in [1.29, 1.82) is 5.26 Å². The average Bonchev–Trinajstić information content (AvgIpc) is 2.64. The summed E-state index contributed by atoms with van der Waals surface area (Å²) < 4.78 is 5.47. The topological polar surface area (TPSA) is 45.0 Å². The van der Waals surface area contributed by atoms with Gasteiger partial charge in [0.2, 0.25) is 0 Å². The summed E-state index contributed by atoms with van der Waals surface area (Å²) in [5, 5.41) is 12.8. The van der Waals surface area contributed by atoms with E-state index < -0.39 is 5.54 Å². The molecule has 1 aromatic rings. The molecule has 1 unspecified atom stereocenters. The van der Waals surface area contributed by atoms with Crippen molar-refractivity contribution >= 4 is 0 Å². The molecule has 1 aromatic carbocycles. The summed E-state index contributed by atoms with van der Waals surface area (Å²) in [6, 6.07) is 12.5. The number of nitrogens with zero attached hydrogens (tertiary/aromatic N) is 1. The molecule has 0 spiro atoms. The monoisotopic (exact) mass is 230 g/mol. The van der Waals surface area contributed by atoms with Crippen molar-refractivity contribution in [1.82, 2.24) is 5.32 Å². The van der Waals surface area contributed by atoms with Gasteiger partial charge in [0.05, 0.1) is 19.3 Å². The van der Waals surface area contributed by atoms with Crippen LogP contribution in [0.1, 0.15) is 19.4 Å². The molecule has 0 saturated carbocycles. The quantitative estimate of drug-likeness (QED) is 0.864. The Hall–Kier alpha value is -1.37. The van der Waals surface area contributed by atoms with Crippen LogP contribution in [-0.4, -0.2) is 18.8 Å². The van der Waals surface area contributed by atoms with Crippen LogP contribution >= 0.6 is 0 Å². The molecule has 1 heterocycles. The highest BCUT2D eigenvalue weighted by molar-refractivity contribution is 5.21.